The van der Waals surface area contributed by atoms with Crippen LogP contribution in [0.4, 0.5) is 4.79 Å². The van der Waals surface area contributed by atoms with Gasteiger partial charge < -0.3 is 15.0 Å². The van der Waals surface area contributed by atoms with E-state index < -0.39 is 11.7 Å². The molecule has 20 heavy (non-hydrogen) atoms. The number of fused-ring (bicyclic) bond motifs is 1. The summed E-state index contributed by atoms with van der Waals surface area (Å²) in [4.78, 5) is 26.6. The molecule has 0 aliphatic carbocycles. The molecule has 0 saturated carbocycles. The predicted molar refractivity (Wildman–Crippen MR) is 75.0 cm³/mol. The minimum Gasteiger partial charge on any atom is -0.444 e. The predicted octanol–water partition coefficient (Wildman–Crippen LogP) is 1.89. The van der Waals surface area contributed by atoms with Gasteiger partial charge in [-0.3, -0.25) is 0 Å². The zero-order valence-corrected chi connectivity index (χ0v) is 11.7. The van der Waals surface area contributed by atoms with E-state index in [0.29, 0.717) is 12.2 Å². The molecule has 0 atom stereocenters. The van der Waals surface area contributed by atoms with Crippen molar-refractivity contribution in [3.63, 3.8) is 0 Å². The minimum absolute atomic E-state index is 0.356. The van der Waals surface area contributed by atoms with Gasteiger partial charge in [0.1, 0.15) is 17.4 Å². The maximum absolute atomic E-state index is 11.4. The number of alkyl carbamates (subject to hydrolysis) is 1. The first-order valence-corrected chi connectivity index (χ1v) is 6.23. The Morgan fingerprint density at radius 3 is 2.95 bits per heavy atom. The number of carbonyl (C=O) groups excluding carboxylic acids is 1. The molecule has 106 valence electrons. The molecule has 1 amide bonds. The Labute approximate surface area is 116 Å². The summed E-state index contributed by atoms with van der Waals surface area (Å²) in [5.74, 6) is 0. The van der Waals surface area contributed by atoms with Crippen LogP contribution >= 0.6 is 0 Å². The zero-order valence-electron chi connectivity index (χ0n) is 11.7. The van der Waals surface area contributed by atoms with E-state index in [1.165, 1.54) is 6.33 Å². The van der Waals surface area contributed by atoms with Gasteiger partial charge in [0.25, 0.3) is 0 Å². The van der Waals surface area contributed by atoms with Crippen LogP contribution in [0.3, 0.4) is 0 Å². The van der Waals surface area contributed by atoms with Gasteiger partial charge in [0.15, 0.2) is 5.65 Å². The monoisotopic (exact) mass is 275 g/mol. The number of nitrogens with one attached hydrogen (secondary N) is 2. The number of carbonyl (C=O) groups is 1. The molecule has 0 aliphatic rings. The van der Waals surface area contributed by atoms with Gasteiger partial charge >= 0.3 is 6.09 Å². The summed E-state index contributed by atoms with van der Waals surface area (Å²) in [6, 6.07) is 0. The lowest BCUT2D eigenvalue weighted by atomic mass is 10.2. The SMILES string of the molecule is CC(C)(C)OC(=O)NCC=Cc1ncnc2nc[nH]c12. The quantitative estimate of drug-likeness (QED) is 0.892. The van der Waals surface area contributed by atoms with Gasteiger partial charge in [0.05, 0.1) is 12.0 Å². The van der Waals surface area contributed by atoms with E-state index in [1.54, 1.807) is 18.5 Å². The molecule has 7 nitrogen and oxygen atoms in total. The molecule has 0 aliphatic heterocycles. The number of amides is 1. The van der Waals surface area contributed by atoms with Crippen molar-refractivity contribution < 1.29 is 9.53 Å². The maximum Gasteiger partial charge on any atom is 0.407 e. The third kappa shape index (κ3) is 3.78. The summed E-state index contributed by atoms with van der Waals surface area (Å²) in [5.41, 5.74) is 1.60. The largest absolute Gasteiger partial charge is 0.444 e. The summed E-state index contributed by atoms with van der Waals surface area (Å²) in [7, 11) is 0. The summed E-state index contributed by atoms with van der Waals surface area (Å²) in [5, 5.41) is 2.63. The molecule has 0 aromatic carbocycles. The Bertz CT molecular complexity index is 627. The van der Waals surface area contributed by atoms with Crippen LogP contribution in [0.1, 0.15) is 26.5 Å². The second-order valence-corrected chi connectivity index (χ2v) is 5.15. The number of H-pyrrole nitrogens is 1. The summed E-state index contributed by atoms with van der Waals surface area (Å²) in [6.07, 6.45) is 6.14. The first-order chi connectivity index (χ1) is 9.46. The fourth-order valence-electron chi connectivity index (χ4n) is 1.54. The average molecular weight is 275 g/mol. The van der Waals surface area contributed by atoms with Crippen molar-refractivity contribution in [2.45, 2.75) is 26.4 Å². The summed E-state index contributed by atoms with van der Waals surface area (Å²) < 4.78 is 5.12. The van der Waals surface area contributed by atoms with Crippen LogP contribution in [0.5, 0.6) is 0 Å². The fraction of sp³-hybridized carbons (Fsp3) is 0.385. The highest BCUT2D eigenvalue weighted by molar-refractivity contribution is 5.79. The number of hydrogen-bond donors (Lipinski definition) is 2. The Morgan fingerprint density at radius 1 is 1.40 bits per heavy atom. The van der Waals surface area contributed by atoms with Gasteiger partial charge in [0.2, 0.25) is 0 Å². The Kier molecular flexibility index (Phi) is 3.97. The number of nitrogens with zero attached hydrogens (tertiary/aromatic N) is 3. The zero-order chi connectivity index (χ0) is 14.6. The van der Waals surface area contributed by atoms with Gasteiger partial charge in [-0.25, -0.2) is 19.7 Å². The van der Waals surface area contributed by atoms with Crippen LogP contribution in [0.15, 0.2) is 18.7 Å². The first-order valence-electron chi connectivity index (χ1n) is 6.23. The number of ether oxygens (including phenoxy) is 1. The molecule has 0 radical (unpaired) electrons. The average Bonchev–Trinajstić information content (AvgIpc) is 2.81. The van der Waals surface area contributed by atoms with Crippen LogP contribution < -0.4 is 5.32 Å². The minimum atomic E-state index is -0.497. The van der Waals surface area contributed by atoms with E-state index in [9.17, 15) is 4.79 Å². The lowest BCUT2D eigenvalue weighted by molar-refractivity contribution is 0.0534. The summed E-state index contributed by atoms with van der Waals surface area (Å²) in [6.45, 7) is 5.81. The van der Waals surface area contributed by atoms with Crippen molar-refractivity contribution in [3.8, 4) is 0 Å². The molecule has 2 N–H and O–H groups in total. The van der Waals surface area contributed by atoms with E-state index in [2.05, 4.69) is 25.3 Å². The van der Waals surface area contributed by atoms with Crippen LogP contribution in [0.25, 0.3) is 17.2 Å². The van der Waals surface area contributed by atoms with Crippen molar-refractivity contribution in [1.82, 2.24) is 25.3 Å². The van der Waals surface area contributed by atoms with Gasteiger partial charge in [-0.15, -0.1) is 0 Å². The molecule has 2 aromatic rings. The highest BCUT2D eigenvalue weighted by atomic mass is 16.6. The molecule has 0 spiro atoms. The van der Waals surface area contributed by atoms with E-state index >= 15 is 0 Å². The Balaban J connectivity index is 1.91. The second-order valence-electron chi connectivity index (χ2n) is 5.15. The second kappa shape index (κ2) is 5.68. The van der Waals surface area contributed by atoms with E-state index in [-0.39, 0.29) is 0 Å². The molecule has 2 heterocycles. The third-order valence-corrected chi connectivity index (χ3v) is 2.29. The molecular formula is C13H17N5O2. The number of rotatable bonds is 3. The van der Waals surface area contributed by atoms with Crippen LogP contribution in [0.2, 0.25) is 0 Å². The number of aromatic amines is 1. The Morgan fingerprint density at radius 2 is 2.20 bits per heavy atom. The van der Waals surface area contributed by atoms with Gasteiger partial charge in [-0.05, 0) is 26.8 Å². The van der Waals surface area contributed by atoms with Gasteiger partial charge in [-0.1, -0.05) is 6.08 Å². The highest BCUT2D eigenvalue weighted by Gasteiger charge is 2.14. The smallest absolute Gasteiger partial charge is 0.407 e. The number of aromatic nitrogens is 4. The van der Waals surface area contributed by atoms with Gasteiger partial charge in [0, 0.05) is 6.54 Å². The molecule has 2 aromatic heterocycles. The Hall–Kier alpha value is -2.44. The molecule has 0 bridgehead atoms. The number of imidazole rings is 1. The van der Waals surface area contributed by atoms with Crippen LogP contribution in [-0.4, -0.2) is 38.2 Å². The van der Waals surface area contributed by atoms with Crippen molar-refractivity contribution in [2.24, 2.45) is 0 Å². The first kappa shape index (κ1) is 14.0. The lowest BCUT2D eigenvalue weighted by Gasteiger charge is -2.19. The molecule has 0 unspecified atom stereocenters. The van der Waals surface area contributed by atoms with Crippen LogP contribution in [-0.2, 0) is 4.74 Å². The fourth-order valence-corrected chi connectivity index (χ4v) is 1.54. The van der Waals surface area contributed by atoms with Crippen LogP contribution in [0, 0.1) is 0 Å². The van der Waals surface area contributed by atoms with Gasteiger partial charge in [-0.2, -0.15) is 0 Å². The lowest BCUT2D eigenvalue weighted by Crippen LogP contribution is -2.32. The molecular weight excluding hydrogens is 258 g/mol. The summed E-state index contributed by atoms with van der Waals surface area (Å²) >= 11 is 0. The highest BCUT2D eigenvalue weighted by Crippen LogP contribution is 2.10. The maximum atomic E-state index is 11.4. The molecule has 0 saturated heterocycles. The molecule has 2 rings (SSSR count). The van der Waals surface area contributed by atoms with Crippen molar-refractivity contribution >= 4 is 23.3 Å². The van der Waals surface area contributed by atoms with E-state index in [1.807, 2.05) is 20.8 Å². The molecule has 7 heteroatoms. The van der Waals surface area contributed by atoms with E-state index in [4.69, 9.17) is 4.74 Å². The third-order valence-electron chi connectivity index (χ3n) is 2.29. The standard InChI is InChI=1S/C13H17N5O2/c1-13(2,3)20-12(19)14-6-4-5-9-10-11(17-7-15-9)18-8-16-10/h4-5,7-8H,6H2,1-3H3,(H,14,19)(H,15,16,17,18). The van der Waals surface area contributed by atoms with E-state index in [0.717, 1.165) is 11.2 Å². The normalized spacial score (nSPS) is 11.9. The molecule has 0 fully saturated rings. The van der Waals surface area contributed by atoms with Crippen molar-refractivity contribution in [1.29, 1.82) is 0 Å². The topological polar surface area (TPSA) is 92.8 Å². The number of hydrogen-bond acceptors (Lipinski definition) is 5. The van der Waals surface area contributed by atoms with Crippen molar-refractivity contribution in [2.75, 3.05) is 6.54 Å². The van der Waals surface area contributed by atoms with Crippen molar-refractivity contribution in [3.05, 3.63) is 24.4 Å².